The highest BCUT2D eigenvalue weighted by molar-refractivity contribution is 6.35. The van der Waals surface area contributed by atoms with Gasteiger partial charge in [0.1, 0.15) is 12.4 Å². The molecule has 1 atom stereocenters. The molecule has 112 valence electrons. The van der Waals surface area contributed by atoms with E-state index < -0.39 is 6.10 Å². The van der Waals surface area contributed by atoms with Crippen molar-refractivity contribution in [3.8, 4) is 5.75 Å². The average molecular weight is 326 g/mol. The highest BCUT2D eigenvalue weighted by atomic mass is 35.5. The molecule has 0 amide bonds. The molecule has 0 fully saturated rings. The number of halogens is 2. The van der Waals surface area contributed by atoms with Crippen LogP contribution in [0, 0.1) is 0 Å². The summed E-state index contributed by atoms with van der Waals surface area (Å²) < 4.78 is 5.71. The SMILES string of the molecule is NCCC(O)c1cccc(OCc2c(Cl)cccc2Cl)c1. The van der Waals surface area contributed by atoms with Crippen LogP contribution in [0.1, 0.15) is 23.7 Å². The highest BCUT2D eigenvalue weighted by Gasteiger charge is 2.09. The number of aliphatic hydroxyl groups excluding tert-OH is 1. The van der Waals surface area contributed by atoms with Crippen molar-refractivity contribution in [2.45, 2.75) is 19.1 Å². The van der Waals surface area contributed by atoms with Gasteiger partial charge in [-0.25, -0.2) is 0 Å². The summed E-state index contributed by atoms with van der Waals surface area (Å²) in [6, 6.07) is 12.6. The maximum atomic E-state index is 9.94. The van der Waals surface area contributed by atoms with Gasteiger partial charge >= 0.3 is 0 Å². The van der Waals surface area contributed by atoms with Crippen LogP contribution < -0.4 is 10.5 Å². The van der Waals surface area contributed by atoms with E-state index >= 15 is 0 Å². The van der Waals surface area contributed by atoms with Crippen molar-refractivity contribution in [3.63, 3.8) is 0 Å². The Hall–Kier alpha value is -1.26. The molecule has 0 saturated heterocycles. The minimum Gasteiger partial charge on any atom is -0.489 e. The lowest BCUT2D eigenvalue weighted by Crippen LogP contribution is -2.07. The maximum absolute atomic E-state index is 9.94. The van der Waals surface area contributed by atoms with E-state index in [1.807, 2.05) is 18.2 Å². The van der Waals surface area contributed by atoms with Crippen molar-refractivity contribution >= 4 is 23.2 Å². The van der Waals surface area contributed by atoms with E-state index in [0.29, 0.717) is 28.8 Å². The quantitative estimate of drug-likeness (QED) is 0.845. The third kappa shape index (κ3) is 4.35. The van der Waals surface area contributed by atoms with E-state index in [-0.39, 0.29) is 6.61 Å². The number of ether oxygens (including phenoxy) is 1. The van der Waals surface area contributed by atoms with Crippen molar-refractivity contribution < 1.29 is 9.84 Å². The van der Waals surface area contributed by atoms with Gasteiger partial charge in [0.25, 0.3) is 0 Å². The highest BCUT2D eigenvalue weighted by Crippen LogP contribution is 2.27. The predicted molar refractivity (Wildman–Crippen MR) is 85.9 cm³/mol. The van der Waals surface area contributed by atoms with Crippen molar-refractivity contribution in [2.24, 2.45) is 5.73 Å². The first-order chi connectivity index (χ1) is 10.1. The van der Waals surface area contributed by atoms with E-state index in [1.165, 1.54) is 0 Å². The van der Waals surface area contributed by atoms with Crippen LogP contribution in [0.15, 0.2) is 42.5 Å². The number of nitrogens with two attached hydrogens (primary N) is 1. The Labute approximate surface area is 134 Å². The van der Waals surface area contributed by atoms with Crippen LogP contribution in [0.5, 0.6) is 5.75 Å². The summed E-state index contributed by atoms with van der Waals surface area (Å²) in [5.41, 5.74) is 6.98. The van der Waals surface area contributed by atoms with E-state index in [0.717, 1.165) is 11.1 Å². The van der Waals surface area contributed by atoms with Crippen LogP contribution in [-0.4, -0.2) is 11.7 Å². The lowest BCUT2D eigenvalue weighted by atomic mass is 10.1. The molecule has 0 radical (unpaired) electrons. The number of hydrogen-bond acceptors (Lipinski definition) is 3. The Morgan fingerprint density at radius 2 is 1.76 bits per heavy atom. The van der Waals surface area contributed by atoms with Gasteiger partial charge in [-0.2, -0.15) is 0 Å². The second-order valence-corrected chi connectivity index (χ2v) is 5.47. The number of rotatable bonds is 6. The molecule has 21 heavy (non-hydrogen) atoms. The van der Waals surface area contributed by atoms with Crippen molar-refractivity contribution in [1.82, 2.24) is 0 Å². The van der Waals surface area contributed by atoms with Gasteiger partial charge in [-0.15, -0.1) is 0 Å². The fraction of sp³-hybridized carbons (Fsp3) is 0.250. The molecular formula is C16H17Cl2NO2. The number of aliphatic hydroxyl groups is 1. The zero-order chi connectivity index (χ0) is 15.2. The zero-order valence-electron chi connectivity index (χ0n) is 11.4. The molecule has 2 rings (SSSR count). The fourth-order valence-corrected chi connectivity index (χ4v) is 2.47. The smallest absolute Gasteiger partial charge is 0.120 e. The predicted octanol–water partition coefficient (Wildman–Crippen LogP) is 3.95. The maximum Gasteiger partial charge on any atom is 0.120 e. The van der Waals surface area contributed by atoms with Crippen LogP contribution >= 0.6 is 23.2 Å². The molecule has 0 heterocycles. The summed E-state index contributed by atoms with van der Waals surface area (Å²) in [6.07, 6.45) is -0.0674. The molecule has 0 aliphatic carbocycles. The van der Waals surface area contributed by atoms with Gasteiger partial charge in [0.15, 0.2) is 0 Å². The normalized spacial score (nSPS) is 12.2. The number of benzene rings is 2. The minimum absolute atomic E-state index is 0.273. The van der Waals surface area contributed by atoms with Gasteiger partial charge in [-0.1, -0.05) is 41.4 Å². The van der Waals surface area contributed by atoms with E-state index in [9.17, 15) is 5.11 Å². The largest absolute Gasteiger partial charge is 0.489 e. The molecule has 0 aromatic heterocycles. The number of hydrogen-bond donors (Lipinski definition) is 2. The molecule has 0 aliphatic heterocycles. The first-order valence-corrected chi connectivity index (χ1v) is 7.41. The molecule has 5 heteroatoms. The molecular weight excluding hydrogens is 309 g/mol. The Morgan fingerprint density at radius 1 is 1.10 bits per heavy atom. The Bertz CT molecular complexity index is 584. The van der Waals surface area contributed by atoms with Crippen molar-refractivity contribution in [2.75, 3.05) is 6.54 Å². The molecule has 0 aliphatic rings. The van der Waals surface area contributed by atoms with Gasteiger partial charge in [-0.3, -0.25) is 0 Å². The molecule has 2 aromatic carbocycles. The topological polar surface area (TPSA) is 55.5 Å². The van der Waals surface area contributed by atoms with E-state index in [2.05, 4.69) is 0 Å². The standard InChI is InChI=1S/C16H17Cl2NO2/c17-14-5-2-6-15(18)13(14)10-21-12-4-1-3-11(9-12)16(20)7-8-19/h1-6,9,16,20H,7-8,10,19H2. The minimum atomic E-state index is -0.581. The van der Waals surface area contributed by atoms with Crippen LogP contribution in [-0.2, 0) is 6.61 Å². The van der Waals surface area contributed by atoms with Gasteiger partial charge in [0.05, 0.1) is 6.10 Å². The molecule has 2 aromatic rings. The van der Waals surface area contributed by atoms with Crippen molar-refractivity contribution in [3.05, 3.63) is 63.6 Å². The first kappa shape index (κ1) is 16.1. The fourth-order valence-electron chi connectivity index (χ4n) is 1.96. The monoisotopic (exact) mass is 325 g/mol. The summed E-state index contributed by atoms with van der Waals surface area (Å²) in [4.78, 5) is 0. The van der Waals surface area contributed by atoms with Gasteiger partial charge in [-0.05, 0) is 42.8 Å². The second kappa shape index (κ2) is 7.66. The molecule has 1 unspecified atom stereocenters. The summed E-state index contributed by atoms with van der Waals surface area (Å²) in [7, 11) is 0. The van der Waals surface area contributed by atoms with Gasteiger partial charge in [0, 0.05) is 15.6 Å². The summed E-state index contributed by atoms with van der Waals surface area (Å²) >= 11 is 12.2. The van der Waals surface area contributed by atoms with E-state index in [4.69, 9.17) is 33.7 Å². The molecule has 3 N–H and O–H groups in total. The molecule has 0 saturated carbocycles. The van der Waals surface area contributed by atoms with Gasteiger partial charge < -0.3 is 15.6 Å². The Morgan fingerprint density at radius 3 is 2.43 bits per heavy atom. The lowest BCUT2D eigenvalue weighted by molar-refractivity contribution is 0.169. The average Bonchev–Trinajstić information content (AvgIpc) is 2.47. The van der Waals surface area contributed by atoms with Crippen LogP contribution in [0.3, 0.4) is 0 Å². The molecule has 0 spiro atoms. The van der Waals surface area contributed by atoms with Crippen LogP contribution in [0.4, 0.5) is 0 Å². The lowest BCUT2D eigenvalue weighted by Gasteiger charge is -2.13. The van der Waals surface area contributed by atoms with Gasteiger partial charge in [0.2, 0.25) is 0 Å². The van der Waals surface area contributed by atoms with Crippen LogP contribution in [0.25, 0.3) is 0 Å². The van der Waals surface area contributed by atoms with Crippen LogP contribution in [0.2, 0.25) is 10.0 Å². The Kier molecular flexibility index (Phi) is 5.88. The molecule has 0 bridgehead atoms. The summed E-state index contributed by atoms with van der Waals surface area (Å²) in [5.74, 6) is 0.652. The second-order valence-electron chi connectivity index (χ2n) is 4.65. The third-order valence-corrected chi connectivity index (χ3v) is 3.84. The summed E-state index contributed by atoms with van der Waals surface area (Å²) in [5, 5.41) is 11.1. The Balaban J connectivity index is 2.08. The summed E-state index contributed by atoms with van der Waals surface area (Å²) in [6.45, 7) is 0.705. The first-order valence-electron chi connectivity index (χ1n) is 6.65. The zero-order valence-corrected chi connectivity index (χ0v) is 12.9. The van der Waals surface area contributed by atoms with E-state index in [1.54, 1.807) is 24.3 Å². The van der Waals surface area contributed by atoms with Crippen molar-refractivity contribution in [1.29, 1.82) is 0 Å². The molecule has 3 nitrogen and oxygen atoms in total. The third-order valence-electron chi connectivity index (χ3n) is 3.13.